The zero-order valence-electron chi connectivity index (χ0n) is 9.06. The van der Waals surface area contributed by atoms with Crippen LogP contribution in [0.4, 0.5) is 0 Å². The molecule has 0 saturated carbocycles. The van der Waals surface area contributed by atoms with Gasteiger partial charge in [0.1, 0.15) is 0 Å². The number of nitriles is 1. The highest BCUT2D eigenvalue weighted by Gasteiger charge is 2.10. The molecule has 0 aliphatic carbocycles. The maximum atomic E-state index is 8.42. The molecule has 0 amide bonds. The van der Waals surface area contributed by atoms with Crippen LogP contribution >= 0.6 is 35.0 Å². The molecule has 1 aromatic heterocycles. The van der Waals surface area contributed by atoms with Crippen molar-refractivity contribution in [2.45, 2.75) is 5.75 Å². The average Bonchev–Trinajstić information content (AvgIpc) is 2.82. The molecule has 92 valence electrons. The number of rotatable bonds is 4. The standard InChI is InChI=1S/C11H7Cl2N3OS/c12-8-2-1-7(5-9(8)13)11-15-10(17-16-11)6-18-4-3-14/h1-2,5H,4,6H2. The van der Waals surface area contributed by atoms with E-state index >= 15 is 0 Å². The Kier molecular flexibility index (Phi) is 4.48. The van der Waals surface area contributed by atoms with Gasteiger partial charge in [0.25, 0.3) is 0 Å². The van der Waals surface area contributed by atoms with Gasteiger partial charge in [-0.05, 0) is 18.2 Å². The van der Waals surface area contributed by atoms with Crippen molar-refractivity contribution in [3.63, 3.8) is 0 Å². The third-order valence-corrected chi connectivity index (χ3v) is 3.56. The van der Waals surface area contributed by atoms with Crippen LogP contribution in [0.5, 0.6) is 0 Å². The number of aromatic nitrogens is 2. The van der Waals surface area contributed by atoms with Gasteiger partial charge in [-0.2, -0.15) is 10.2 Å². The average molecular weight is 300 g/mol. The van der Waals surface area contributed by atoms with Crippen LogP contribution in [-0.2, 0) is 5.75 Å². The molecule has 0 N–H and O–H groups in total. The minimum Gasteiger partial charge on any atom is -0.338 e. The molecule has 2 rings (SSSR count). The third kappa shape index (κ3) is 3.16. The van der Waals surface area contributed by atoms with E-state index in [0.717, 1.165) is 5.56 Å². The number of halogens is 2. The van der Waals surface area contributed by atoms with E-state index in [2.05, 4.69) is 10.1 Å². The molecule has 18 heavy (non-hydrogen) atoms. The van der Waals surface area contributed by atoms with Gasteiger partial charge in [-0.1, -0.05) is 28.4 Å². The molecular weight excluding hydrogens is 293 g/mol. The van der Waals surface area contributed by atoms with Crippen molar-refractivity contribution in [3.8, 4) is 17.5 Å². The highest BCUT2D eigenvalue weighted by Crippen LogP contribution is 2.27. The molecule has 1 aromatic carbocycles. The molecular formula is C11H7Cl2N3OS. The van der Waals surface area contributed by atoms with E-state index < -0.39 is 0 Å². The van der Waals surface area contributed by atoms with Crippen LogP contribution < -0.4 is 0 Å². The summed E-state index contributed by atoms with van der Waals surface area (Å²) < 4.78 is 5.07. The Bertz CT molecular complexity index is 594. The summed E-state index contributed by atoms with van der Waals surface area (Å²) in [4.78, 5) is 4.21. The first-order chi connectivity index (χ1) is 8.70. The number of benzene rings is 1. The largest absolute Gasteiger partial charge is 0.338 e. The molecule has 0 aliphatic heterocycles. The Hall–Kier alpha value is -1.22. The van der Waals surface area contributed by atoms with Crippen molar-refractivity contribution in [2.75, 3.05) is 5.75 Å². The van der Waals surface area contributed by atoms with Crippen LogP contribution in [0, 0.1) is 11.3 Å². The lowest BCUT2D eigenvalue weighted by Crippen LogP contribution is -1.83. The Labute approximate surface area is 118 Å². The number of nitrogens with zero attached hydrogens (tertiary/aromatic N) is 3. The fourth-order valence-electron chi connectivity index (χ4n) is 1.25. The number of hydrogen-bond donors (Lipinski definition) is 0. The Morgan fingerprint density at radius 3 is 2.89 bits per heavy atom. The van der Waals surface area contributed by atoms with Crippen molar-refractivity contribution in [2.24, 2.45) is 0 Å². The quantitative estimate of drug-likeness (QED) is 0.804. The monoisotopic (exact) mass is 299 g/mol. The van der Waals surface area contributed by atoms with Gasteiger partial charge in [0.05, 0.1) is 27.6 Å². The molecule has 0 aliphatic rings. The Balaban J connectivity index is 2.14. The summed E-state index contributed by atoms with van der Waals surface area (Å²) in [6, 6.07) is 7.16. The Morgan fingerprint density at radius 1 is 1.33 bits per heavy atom. The molecule has 0 unspecified atom stereocenters. The van der Waals surface area contributed by atoms with Gasteiger partial charge in [0.15, 0.2) is 0 Å². The normalized spacial score (nSPS) is 10.3. The van der Waals surface area contributed by atoms with Crippen LogP contribution in [0.2, 0.25) is 10.0 Å². The second-order valence-electron chi connectivity index (χ2n) is 3.29. The number of hydrogen-bond acceptors (Lipinski definition) is 5. The molecule has 4 nitrogen and oxygen atoms in total. The molecule has 7 heteroatoms. The summed E-state index contributed by atoms with van der Waals surface area (Å²) in [7, 11) is 0. The van der Waals surface area contributed by atoms with Crippen LogP contribution in [0.3, 0.4) is 0 Å². The molecule has 0 radical (unpaired) electrons. The van der Waals surface area contributed by atoms with Crippen LogP contribution in [0.25, 0.3) is 11.4 Å². The maximum Gasteiger partial charge on any atom is 0.236 e. The van der Waals surface area contributed by atoms with E-state index in [1.807, 2.05) is 6.07 Å². The topological polar surface area (TPSA) is 62.7 Å². The predicted molar refractivity (Wildman–Crippen MR) is 71.5 cm³/mol. The summed E-state index contributed by atoms with van der Waals surface area (Å²) >= 11 is 13.2. The van der Waals surface area contributed by atoms with E-state index in [1.165, 1.54) is 11.8 Å². The van der Waals surface area contributed by atoms with E-state index in [1.54, 1.807) is 18.2 Å². The first kappa shape index (κ1) is 13.2. The zero-order valence-corrected chi connectivity index (χ0v) is 11.4. The van der Waals surface area contributed by atoms with Gasteiger partial charge in [-0.3, -0.25) is 0 Å². The lowest BCUT2D eigenvalue weighted by atomic mass is 10.2. The van der Waals surface area contributed by atoms with Crippen molar-refractivity contribution < 1.29 is 4.52 Å². The summed E-state index contributed by atoms with van der Waals surface area (Å²) in [5, 5.41) is 13.2. The molecule has 0 bridgehead atoms. The molecule has 2 aromatic rings. The van der Waals surface area contributed by atoms with Crippen molar-refractivity contribution in [3.05, 3.63) is 34.1 Å². The highest BCUT2D eigenvalue weighted by molar-refractivity contribution is 7.98. The van der Waals surface area contributed by atoms with E-state index in [9.17, 15) is 0 Å². The predicted octanol–water partition coefficient (Wildman–Crippen LogP) is 3.80. The van der Waals surface area contributed by atoms with Crippen molar-refractivity contribution in [1.82, 2.24) is 10.1 Å². The molecule has 0 fully saturated rings. The summed E-state index contributed by atoms with van der Waals surface area (Å²) in [6.45, 7) is 0. The Morgan fingerprint density at radius 2 is 2.17 bits per heavy atom. The molecule has 1 heterocycles. The zero-order chi connectivity index (χ0) is 13.0. The second kappa shape index (κ2) is 6.10. The van der Waals surface area contributed by atoms with Gasteiger partial charge in [0, 0.05) is 5.56 Å². The molecule has 0 atom stereocenters. The van der Waals surface area contributed by atoms with Gasteiger partial charge in [-0.15, -0.1) is 11.8 Å². The summed E-state index contributed by atoms with van der Waals surface area (Å²) in [5.74, 6) is 1.85. The van der Waals surface area contributed by atoms with Crippen molar-refractivity contribution in [1.29, 1.82) is 5.26 Å². The molecule has 0 saturated heterocycles. The summed E-state index contributed by atoms with van der Waals surface area (Å²) in [6.07, 6.45) is 0. The SMILES string of the molecule is N#CCSCc1nc(-c2ccc(Cl)c(Cl)c2)no1. The minimum atomic E-state index is 0.393. The van der Waals surface area contributed by atoms with E-state index in [4.69, 9.17) is 33.0 Å². The third-order valence-electron chi connectivity index (χ3n) is 2.04. The molecule has 0 spiro atoms. The first-order valence-electron chi connectivity index (χ1n) is 4.93. The van der Waals surface area contributed by atoms with Gasteiger partial charge in [-0.25, -0.2) is 0 Å². The number of thioether (sulfide) groups is 1. The van der Waals surface area contributed by atoms with Crippen LogP contribution in [-0.4, -0.2) is 15.9 Å². The lowest BCUT2D eigenvalue weighted by Gasteiger charge is -1.97. The fourth-order valence-corrected chi connectivity index (χ4v) is 2.03. The van der Waals surface area contributed by atoms with Gasteiger partial charge >= 0.3 is 0 Å². The lowest BCUT2D eigenvalue weighted by molar-refractivity contribution is 0.392. The van der Waals surface area contributed by atoms with Crippen LogP contribution in [0.1, 0.15) is 5.89 Å². The minimum absolute atomic E-state index is 0.393. The second-order valence-corrected chi connectivity index (χ2v) is 5.09. The smallest absolute Gasteiger partial charge is 0.236 e. The first-order valence-corrected chi connectivity index (χ1v) is 6.84. The fraction of sp³-hybridized carbons (Fsp3) is 0.182. The van der Waals surface area contributed by atoms with Gasteiger partial charge in [0.2, 0.25) is 11.7 Å². The van der Waals surface area contributed by atoms with Gasteiger partial charge < -0.3 is 4.52 Å². The van der Waals surface area contributed by atoms with E-state index in [-0.39, 0.29) is 0 Å². The van der Waals surface area contributed by atoms with Crippen molar-refractivity contribution >= 4 is 35.0 Å². The maximum absolute atomic E-state index is 8.42. The van der Waals surface area contributed by atoms with Crippen LogP contribution in [0.15, 0.2) is 22.7 Å². The van der Waals surface area contributed by atoms with E-state index in [0.29, 0.717) is 33.3 Å². The highest BCUT2D eigenvalue weighted by atomic mass is 35.5. The summed E-state index contributed by atoms with van der Waals surface area (Å²) in [5.41, 5.74) is 0.740.